The van der Waals surface area contributed by atoms with Gasteiger partial charge in [-0.3, -0.25) is 9.59 Å². The highest BCUT2D eigenvalue weighted by Gasteiger charge is 2.21. The van der Waals surface area contributed by atoms with E-state index in [1.807, 2.05) is 0 Å². The monoisotopic (exact) mass is 418 g/mol. The summed E-state index contributed by atoms with van der Waals surface area (Å²) < 4.78 is 31.4. The summed E-state index contributed by atoms with van der Waals surface area (Å²) >= 11 is 0. The van der Waals surface area contributed by atoms with Gasteiger partial charge in [-0.2, -0.15) is 4.31 Å². The molecule has 0 saturated carbocycles. The van der Waals surface area contributed by atoms with Crippen LogP contribution in [-0.2, 0) is 14.8 Å². The molecule has 0 unspecified atom stereocenters. The zero-order chi connectivity index (χ0) is 21.4. The summed E-state index contributed by atoms with van der Waals surface area (Å²) in [7, 11) is -1.99. The fourth-order valence-corrected chi connectivity index (χ4v) is 4.25. The highest BCUT2D eigenvalue weighted by molar-refractivity contribution is 7.89. The lowest BCUT2D eigenvalue weighted by Crippen LogP contribution is -2.30. The van der Waals surface area contributed by atoms with Crippen molar-refractivity contribution in [1.82, 2.24) is 4.31 Å². The fourth-order valence-electron chi connectivity index (χ4n) is 2.79. The van der Waals surface area contributed by atoms with Crippen molar-refractivity contribution in [3.63, 3.8) is 0 Å². The molecule has 1 amide bonds. The Morgan fingerprint density at radius 1 is 0.931 bits per heavy atom. The van der Waals surface area contributed by atoms with Gasteiger partial charge in [-0.25, -0.2) is 8.42 Å². The van der Waals surface area contributed by atoms with Gasteiger partial charge in [-0.05, 0) is 48.5 Å². The normalized spacial score (nSPS) is 11.3. The highest BCUT2D eigenvalue weighted by Crippen LogP contribution is 2.19. The van der Waals surface area contributed by atoms with E-state index >= 15 is 0 Å². The fraction of sp³-hybridized carbons (Fsp3) is 0.333. The van der Waals surface area contributed by atoms with Crippen molar-refractivity contribution in [2.45, 2.75) is 31.6 Å². The number of ketones is 1. The molecule has 156 valence electrons. The summed E-state index contributed by atoms with van der Waals surface area (Å²) in [5, 5.41) is 2.68. The number of hydrogen-bond acceptors (Lipinski definition) is 5. The zero-order valence-corrected chi connectivity index (χ0v) is 17.7. The molecule has 0 spiro atoms. The quantitative estimate of drug-likeness (QED) is 0.598. The largest absolute Gasteiger partial charge is 0.497 e. The number of nitrogens with zero attached hydrogens (tertiary/aromatic N) is 1. The summed E-state index contributed by atoms with van der Waals surface area (Å²) in [6.45, 7) is 4.34. The van der Waals surface area contributed by atoms with Crippen LogP contribution in [0.3, 0.4) is 0 Å². The molecule has 0 heterocycles. The SMILES string of the molecule is CCN(CC)S(=O)(=O)c1ccc(NC(=O)CCC(=O)c2ccc(OC)cc2)cc1. The molecule has 1 N–H and O–H groups in total. The molecule has 0 fully saturated rings. The Balaban J connectivity index is 1.92. The third-order valence-electron chi connectivity index (χ3n) is 4.47. The number of sulfonamides is 1. The van der Waals surface area contributed by atoms with Gasteiger partial charge in [-0.1, -0.05) is 13.8 Å². The van der Waals surface area contributed by atoms with Crippen molar-refractivity contribution in [2.75, 3.05) is 25.5 Å². The number of Topliss-reactive ketones (excluding diaryl/α,β-unsaturated/α-hetero) is 1. The van der Waals surface area contributed by atoms with Gasteiger partial charge in [0, 0.05) is 37.2 Å². The lowest BCUT2D eigenvalue weighted by Gasteiger charge is -2.18. The third-order valence-corrected chi connectivity index (χ3v) is 6.54. The predicted molar refractivity (Wildman–Crippen MR) is 112 cm³/mol. The molecule has 2 rings (SSSR count). The topological polar surface area (TPSA) is 92.8 Å². The molecule has 29 heavy (non-hydrogen) atoms. The molecule has 0 radical (unpaired) electrons. The molecule has 0 saturated heterocycles. The van der Waals surface area contributed by atoms with E-state index < -0.39 is 10.0 Å². The van der Waals surface area contributed by atoms with Crippen molar-refractivity contribution in [1.29, 1.82) is 0 Å². The first kappa shape index (κ1) is 22.6. The summed E-state index contributed by atoms with van der Waals surface area (Å²) in [5.74, 6) is 0.209. The molecule has 2 aromatic carbocycles. The number of carbonyl (C=O) groups is 2. The summed E-state index contributed by atoms with van der Waals surface area (Å²) in [5.41, 5.74) is 0.995. The second-order valence-electron chi connectivity index (χ2n) is 6.31. The number of ether oxygens (including phenoxy) is 1. The van der Waals surface area contributed by atoms with Crippen LogP contribution in [0, 0.1) is 0 Å². The van der Waals surface area contributed by atoms with Gasteiger partial charge in [0.2, 0.25) is 15.9 Å². The number of rotatable bonds is 10. The van der Waals surface area contributed by atoms with Crippen molar-refractivity contribution in [2.24, 2.45) is 0 Å². The van der Waals surface area contributed by atoms with E-state index in [0.29, 0.717) is 30.1 Å². The maximum atomic E-state index is 12.5. The van der Waals surface area contributed by atoms with Gasteiger partial charge in [0.25, 0.3) is 0 Å². The lowest BCUT2D eigenvalue weighted by atomic mass is 10.1. The molecule has 0 aromatic heterocycles. The van der Waals surface area contributed by atoms with E-state index in [4.69, 9.17) is 4.74 Å². The number of carbonyl (C=O) groups excluding carboxylic acids is 2. The highest BCUT2D eigenvalue weighted by atomic mass is 32.2. The van der Waals surface area contributed by atoms with Crippen molar-refractivity contribution < 1.29 is 22.7 Å². The first-order valence-corrected chi connectivity index (χ1v) is 10.8. The third kappa shape index (κ3) is 5.88. The smallest absolute Gasteiger partial charge is 0.243 e. The van der Waals surface area contributed by atoms with Crippen LogP contribution in [0.5, 0.6) is 5.75 Å². The van der Waals surface area contributed by atoms with Gasteiger partial charge in [0.1, 0.15) is 5.75 Å². The molecule has 0 aliphatic heterocycles. The number of nitrogens with one attached hydrogen (secondary N) is 1. The van der Waals surface area contributed by atoms with Crippen LogP contribution in [0.25, 0.3) is 0 Å². The number of methoxy groups -OCH3 is 1. The molecule has 0 aliphatic rings. The Morgan fingerprint density at radius 2 is 1.52 bits per heavy atom. The van der Waals surface area contributed by atoms with Gasteiger partial charge < -0.3 is 10.1 Å². The lowest BCUT2D eigenvalue weighted by molar-refractivity contribution is -0.116. The van der Waals surface area contributed by atoms with E-state index in [1.54, 1.807) is 57.4 Å². The van der Waals surface area contributed by atoms with Gasteiger partial charge in [0.15, 0.2) is 5.78 Å². The van der Waals surface area contributed by atoms with Gasteiger partial charge in [-0.15, -0.1) is 0 Å². The van der Waals surface area contributed by atoms with E-state index in [9.17, 15) is 18.0 Å². The number of amides is 1. The second-order valence-corrected chi connectivity index (χ2v) is 8.25. The summed E-state index contributed by atoms with van der Waals surface area (Å²) in [4.78, 5) is 24.5. The Kier molecular flexibility index (Phi) is 7.92. The summed E-state index contributed by atoms with van der Waals surface area (Å²) in [6, 6.07) is 12.7. The van der Waals surface area contributed by atoms with Crippen LogP contribution in [0.4, 0.5) is 5.69 Å². The summed E-state index contributed by atoms with van der Waals surface area (Å²) in [6.07, 6.45) is 0.108. The van der Waals surface area contributed by atoms with Crippen molar-refractivity contribution in [3.05, 3.63) is 54.1 Å². The minimum absolute atomic E-state index is 0.0321. The number of benzene rings is 2. The van der Waals surface area contributed by atoms with E-state index in [0.717, 1.165) is 0 Å². The van der Waals surface area contributed by atoms with Gasteiger partial charge >= 0.3 is 0 Å². The Labute approximate surface area is 171 Å². The first-order chi connectivity index (χ1) is 13.8. The molecular weight excluding hydrogens is 392 g/mol. The van der Waals surface area contributed by atoms with Crippen LogP contribution in [0.1, 0.15) is 37.0 Å². The molecule has 0 atom stereocenters. The van der Waals surface area contributed by atoms with Crippen LogP contribution >= 0.6 is 0 Å². The molecule has 8 heteroatoms. The average Bonchev–Trinajstić information content (AvgIpc) is 2.73. The molecule has 0 aliphatic carbocycles. The second kappa shape index (κ2) is 10.2. The van der Waals surface area contributed by atoms with Crippen LogP contribution in [0.15, 0.2) is 53.4 Å². The minimum Gasteiger partial charge on any atom is -0.497 e. The van der Waals surface area contributed by atoms with Crippen molar-refractivity contribution >= 4 is 27.4 Å². The van der Waals surface area contributed by atoms with Gasteiger partial charge in [0.05, 0.1) is 12.0 Å². The van der Waals surface area contributed by atoms with E-state index in [-0.39, 0.29) is 29.4 Å². The minimum atomic E-state index is -3.54. The molecule has 2 aromatic rings. The van der Waals surface area contributed by atoms with Crippen LogP contribution in [-0.4, -0.2) is 44.6 Å². The maximum absolute atomic E-state index is 12.5. The number of hydrogen-bond donors (Lipinski definition) is 1. The van der Waals surface area contributed by atoms with Crippen LogP contribution in [0.2, 0.25) is 0 Å². The average molecular weight is 419 g/mol. The first-order valence-electron chi connectivity index (χ1n) is 9.39. The van der Waals surface area contributed by atoms with Crippen molar-refractivity contribution in [3.8, 4) is 5.75 Å². The van der Waals surface area contributed by atoms with E-state index in [1.165, 1.54) is 16.4 Å². The van der Waals surface area contributed by atoms with Crippen LogP contribution < -0.4 is 10.1 Å². The molecular formula is C21H26N2O5S. The predicted octanol–water partition coefficient (Wildman–Crippen LogP) is 3.33. The Morgan fingerprint density at radius 3 is 2.03 bits per heavy atom. The molecule has 0 bridgehead atoms. The Hall–Kier alpha value is -2.71. The standard InChI is InChI=1S/C21H26N2O5S/c1-4-23(5-2)29(26,27)19-12-8-17(9-13-19)22-21(25)15-14-20(24)16-6-10-18(28-3)11-7-16/h6-13H,4-5,14-15H2,1-3H3,(H,22,25). The maximum Gasteiger partial charge on any atom is 0.243 e. The number of anilines is 1. The Bertz CT molecular complexity index is 934. The van der Waals surface area contributed by atoms with E-state index in [2.05, 4.69) is 5.32 Å². The molecule has 7 nitrogen and oxygen atoms in total. The zero-order valence-electron chi connectivity index (χ0n) is 16.8.